The monoisotopic (exact) mass is 443 g/mol. The lowest BCUT2D eigenvalue weighted by molar-refractivity contribution is 0.443. The maximum absolute atomic E-state index is 14.4. The van der Waals surface area contributed by atoms with Crippen molar-refractivity contribution in [2.24, 2.45) is 7.05 Å². The number of hydrogen-bond acceptors (Lipinski definition) is 5. The second-order valence-electron chi connectivity index (χ2n) is 6.87. The first kappa shape index (κ1) is 22.1. The van der Waals surface area contributed by atoms with E-state index < -0.39 is 15.8 Å². The number of hydrogen-bond donors (Lipinski definition) is 2. The van der Waals surface area contributed by atoms with Gasteiger partial charge in [-0.15, -0.1) is 0 Å². The third-order valence-corrected chi connectivity index (χ3v) is 5.49. The van der Waals surface area contributed by atoms with Crippen LogP contribution in [0.15, 0.2) is 65.4 Å². The van der Waals surface area contributed by atoms with Gasteiger partial charge in [-0.25, -0.2) is 12.8 Å². The van der Waals surface area contributed by atoms with E-state index in [0.717, 1.165) is 11.0 Å². The van der Waals surface area contributed by atoms with Crippen molar-refractivity contribution >= 4 is 21.4 Å². The van der Waals surface area contributed by atoms with Gasteiger partial charge in [-0.2, -0.15) is 0 Å². The number of aryl methyl sites for hydroxylation is 2. The average molecular weight is 444 g/mol. The maximum atomic E-state index is 14.4. The summed E-state index contributed by atoms with van der Waals surface area (Å²) in [6.07, 6.45) is 1.59. The molecule has 1 aromatic heterocycles. The zero-order valence-corrected chi connectivity index (χ0v) is 18.1. The zero-order valence-electron chi connectivity index (χ0n) is 17.3. The molecule has 0 radical (unpaired) electrons. The van der Waals surface area contributed by atoms with Gasteiger partial charge >= 0.3 is 0 Å². The molecule has 0 spiro atoms. The zero-order chi connectivity index (χ0) is 22.8. The molecule has 0 fully saturated rings. The van der Waals surface area contributed by atoms with Crippen LogP contribution < -0.4 is 20.3 Å². The minimum atomic E-state index is -3.74. The molecule has 0 aliphatic heterocycles. The highest BCUT2D eigenvalue weighted by molar-refractivity contribution is 7.95. The van der Waals surface area contributed by atoms with Crippen LogP contribution in [0, 0.1) is 12.7 Å². The Morgan fingerprint density at radius 3 is 2.48 bits per heavy atom. The summed E-state index contributed by atoms with van der Waals surface area (Å²) >= 11 is 0. The number of nitrogens with one attached hydrogen (secondary N) is 2. The summed E-state index contributed by atoms with van der Waals surface area (Å²) in [6.45, 7) is 5.05. The Morgan fingerprint density at radius 1 is 1.13 bits per heavy atom. The largest absolute Gasteiger partial charge is 0.454 e. The highest BCUT2D eigenvalue weighted by atomic mass is 32.2. The number of ether oxygens (including phenoxy) is 1. The van der Waals surface area contributed by atoms with E-state index in [2.05, 4.69) is 16.6 Å². The molecule has 31 heavy (non-hydrogen) atoms. The lowest BCUT2D eigenvalue weighted by atomic mass is 10.0. The van der Waals surface area contributed by atoms with Gasteiger partial charge in [0.2, 0.25) is 0 Å². The molecule has 0 aliphatic carbocycles. The molecule has 0 aliphatic rings. The minimum absolute atomic E-state index is 0.0185. The van der Waals surface area contributed by atoms with Crippen LogP contribution in [-0.2, 0) is 17.1 Å². The molecule has 9 heteroatoms. The Bertz CT molecular complexity index is 1320. The van der Waals surface area contributed by atoms with E-state index in [9.17, 15) is 17.6 Å². The van der Waals surface area contributed by atoms with E-state index in [1.807, 2.05) is 0 Å². The first-order chi connectivity index (χ1) is 14.6. The van der Waals surface area contributed by atoms with Gasteiger partial charge in [-0.05, 0) is 48.9 Å². The van der Waals surface area contributed by atoms with Crippen LogP contribution in [0.2, 0.25) is 0 Å². The molecule has 0 unspecified atom stereocenters. The molecule has 7 nitrogen and oxygen atoms in total. The Labute approximate surface area is 179 Å². The fourth-order valence-electron chi connectivity index (χ4n) is 2.96. The summed E-state index contributed by atoms with van der Waals surface area (Å²) in [5, 5.41) is 3.63. The molecule has 2 N–H and O–H groups in total. The summed E-state index contributed by atoms with van der Waals surface area (Å²) in [6, 6.07) is 10.8. The Kier molecular flexibility index (Phi) is 6.16. The van der Waals surface area contributed by atoms with Crippen molar-refractivity contribution in [2.75, 3.05) is 17.1 Å². The van der Waals surface area contributed by atoms with Crippen LogP contribution in [-0.4, -0.2) is 20.0 Å². The molecule has 3 aromatic rings. The minimum Gasteiger partial charge on any atom is -0.454 e. The molecular weight excluding hydrogens is 421 g/mol. The topological polar surface area (TPSA) is 89.4 Å². The van der Waals surface area contributed by atoms with Crippen molar-refractivity contribution in [1.82, 2.24) is 4.57 Å². The number of nitrogens with zero attached hydrogens (tertiary/aromatic N) is 1. The van der Waals surface area contributed by atoms with Gasteiger partial charge in [0.05, 0.1) is 0 Å². The van der Waals surface area contributed by atoms with Crippen molar-refractivity contribution in [3.8, 4) is 22.6 Å². The number of anilines is 2. The van der Waals surface area contributed by atoms with E-state index in [1.165, 1.54) is 28.8 Å². The summed E-state index contributed by atoms with van der Waals surface area (Å²) in [5.41, 5.74) is 2.12. The first-order valence-corrected chi connectivity index (χ1v) is 10.8. The molecule has 1 heterocycles. The van der Waals surface area contributed by atoms with Gasteiger partial charge in [-0.1, -0.05) is 12.6 Å². The number of sulfonamides is 1. The highest BCUT2D eigenvalue weighted by Crippen LogP contribution is 2.37. The van der Waals surface area contributed by atoms with E-state index in [0.29, 0.717) is 16.8 Å². The van der Waals surface area contributed by atoms with Crippen molar-refractivity contribution in [3.05, 3.63) is 82.4 Å². The second kappa shape index (κ2) is 8.65. The van der Waals surface area contributed by atoms with Gasteiger partial charge < -0.3 is 14.6 Å². The van der Waals surface area contributed by atoms with Crippen molar-refractivity contribution < 1.29 is 17.5 Å². The standard InChI is InChI=1S/C22H22FN3O4S/c1-5-31(28,29)25-16-7-9-20(30-21-8-6-14(2)10-18(21)23)17(12-16)15-11-19(24-3)22(27)26(4)13-15/h5-13,24-25H,1H2,2-4H3. The molecule has 0 saturated heterocycles. The first-order valence-electron chi connectivity index (χ1n) is 9.25. The molecule has 0 bridgehead atoms. The molecule has 2 aromatic carbocycles. The van der Waals surface area contributed by atoms with Crippen LogP contribution in [0.4, 0.5) is 15.8 Å². The van der Waals surface area contributed by atoms with Crippen molar-refractivity contribution in [1.29, 1.82) is 0 Å². The fourth-order valence-corrected chi connectivity index (χ4v) is 3.50. The Hall–Kier alpha value is -3.59. The van der Waals surface area contributed by atoms with Crippen LogP contribution in [0.3, 0.4) is 0 Å². The second-order valence-corrected chi connectivity index (χ2v) is 8.50. The number of rotatable bonds is 7. The molecular formula is C22H22FN3O4S. The number of benzene rings is 2. The van der Waals surface area contributed by atoms with E-state index in [-0.39, 0.29) is 22.7 Å². The van der Waals surface area contributed by atoms with Crippen LogP contribution in [0.1, 0.15) is 5.56 Å². The van der Waals surface area contributed by atoms with Crippen LogP contribution in [0.5, 0.6) is 11.5 Å². The number of pyridine rings is 1. The van der Waals surface area contributed by atoms with E-state index in [1.54, 1.807) is 45.4 Å². The molecule has 162 valence electrons. The van der Waals surface area contributed by atoms with Crippen LogP contribution in [0.25, 0.3) is 11.1 Å². The smallest absolute Gasteiger partial charge is 0.273 e. The Balaban J connectivity index is 2.18. The van der Waals surface area contributed by atoms with E-state index >= 15 is 0 Å². The van der Waals surface area contributed by atoms with Gasteiger partial charge in [0.1, 0.15) is 11.4 Å². The lowest BCUT2D eigenvalue weighted by Crippen LogP contribution is -2.19. The predicted octanol–water partition coefficient (Wildman–Crippen LogP) is 4.22. The molecule has 0 amide bonds. The summed E-state index contributed by atoms with van der Waals surface area (Å²) in [7, 11) is -0.523. The Morgan fingerprint density at radius 2 is 1.84 bits per heavy atom. The molecule has 3 rings (SSSR count). The quantitative estimate of drug-likeness (QED) is 0.571. The van der Waals surface area contributed by atoms with E-state index in [4.69, 9.17) is 4.74 Å². The van der Waals surface area contributed by atoms with Crippen molar-refractivity contribution in [3.63, 3.8) is 0 Å². The third kappa shape index (κ3) is 4.95. The van der Waals surface area contributed by atoms with Gasteiger partial charge in [0, 0.05) is 42.5 Å². The summed E-state index contributed by atoms with van der Waals surface area (Å²) in [4.78, 5) is 12.2. The van der Waals surface area contributed by atoms with Crippen molar-refractivity contribution in [2.45, 2.75) is 6.92 Å². The molecule has 0 saturated carbocycles. The third-order valence-electron chi connectivity index (χ3n) is 4.53. The fraction of sp³-hybridized carbons (Fsp3) is 0.136. The van der Waals surface area contributed by atoms with Gasteiger partial charge in [0.15, 0.2) is 11.6 Å². The average Bonchev–Trinajstić information content (AvgIpc) is 2.72. The van der Waals surface area contributed by atoms with Gasteiger partial charge in [-0.3, -0.25) is 9.52 Å². The summed E-state index contributed by atoms with van der Waals surface area (Å²) < 4.78 is 47.8. The highest BCUT2D eigenvalue weighted by Gasteiger charge is 2.15. The molecule has 0 atom stereocenters. The van der Waals surface area contributed by atoms with Gasteiger partial charge in [0.25, 0.3) is 15.6 Å². The normalized spacial score (nSPS) is 11.1. The maximum Gasteiger partial charge on any atom is 0.273 e. The SMILES string of the molecule is C=CS(=O)(=O)Nc1ccc(Oc2ccc(C)cc2F)c(-c2cc(NC)c(=O)n(C)c2)c1. The predicted molar refractivity (Wildman–Crippen MR) is 121 cm³/mol. The number of halogens is 1. The van der Waals surface area contributed by atoms with Crippen LogP contribution >= 0.6 is 0 Å². The lowest BCUT2D eigenvalue weighted by Gasteiger charge is -2.16. The summed E-state index contributed by atoms with van der Waals surface area (Å²) in [5.74, 6) is -0.228. The number of aromatic nitrogens is 1.